The van der Waals surface area contributed by atoms with Crippen molar-refractivity contribution in [3.05, 3.63) is 30.4 Å². The van der Waals surface area contributed by atoms with Gasteiger partial charge in [-0.1, -0.05) is 12.2 Å². The standard InChI is InChI=1S/C17H27N3O/c21-13-12-19-9-6-15(7-10-19)14-20-11-8-18-17(20)16-4-2-1-3-5-16/h1-2,8,11,15-16,21H,3-7,9-10,12-14H2. The summed E-state index contributed by atoms with van der Waals surface area (Å²) in [5, 5.41) is 9.01. The highest BCUT2D eigenvalue weighted by Crippen LogP contribution is 2.29. The largest absolute Gasteiger partial charge is 0.395 e. The van der Waals surface area contributed by atoms with Crippen LogP contribution in [0.3, 0.4) is 0 Å². The number of allylic oxidation sites excluding steroid dienone is 2. The maximum Gasteiger partial charge on any atom is 0.112 e. The predicted octanol–water partition coefficient (Wildman–Crippen LogP) is 2.41. The van der Waals surface area contributed by atoms with E-state index in [0.717, 1.165) is 38.5 Å². The van der Waals surface area contributed by atoms with E-state index in [0.29, 0.717) is 5.92 Å². The third-order valence-corrected chi connectivity index (χ3v) is 4.96. The second-order valence-electron chi connectivity index (χ2n) is 6.43. The van der Waals surface area contributed by atoms with Crippen LogP contribution in [0.2, 0.25) is 0 Å². The number of rotatable bonds is 5. The second kappa shape index (κ2) is 7.23. The van der Waals surface area contributed by atoms with Crippen LogP contribution in [0.1, 0.15) is 43.8 Å². The molecule has 1 saturated heterocycles. The molecule has 4 heteroatoms. The molecular formula is C17H27N3O. The molecule has 1 aromatic heterocycles. The molecule has 21 heavy (non-hydrogen) atoms. The van der Waals surface area contributed by atoms with Gasteiger partial charge in [-0.25, -0.2) is 4.98 Å². The zero-order chi connectivity index (χ0) is 14.5. The maximum atomic E-state index is 9.01. The lowest BCUT2D eigenvalue weighted by atomic mass is 9.92. The Morgan fingerprint density at radius 2 is 2.05 bits per heavy atom. The summed E-state index contributed by atoms with van der Waals surface area (Å²) in [6.45, 7) is 4.48. The van der Waals surface area contributed by atoms with Crippen LogP contribution >= 0.6 is 0 Å². The molecule has 2 heterocycles. The summed E-state index contributed by atoms with van der Waals surface area (Å²) in [5.74, 6) is 2.66. The fraction of sp³-hybridized carbons (Fsp3) is 0.706. The van der Waals surface area contributed by atoms with Gasteiger partial charge in [0.05, 0.1) is 6.61 Å². The van der Waals surface area contributed by atoms with Gasteiger partial charge in [-0.2, -0.15) is 0 Å². The first-order chi connectivity index (χ1) is 10.4. The molecule has 1 aliphatic carbocycles. The van der Waals surface area contributed by atoms with Crippen molar-refractivity contribution < 1.29 is 5.11 Å². The topological polar surface area (TPSA) is 41.3 Å². The summed E-state index contributed by atoms with van der Waals surface area (Å²) < 4.78 is 2.40. The van der Waals surface area contributed by atoms with E-state index in [9.17, 15) is 0 Å². The van der Waals surface area contributed by atoms with Crippen LogP contribution in [-0.4, -0.2) is 45.8 Å². The molecule has 116 valence electrons. The minimum absolute atomic E-state index is 0.283. The van der Waals surface area contributed by atoms with Crippen molar-refractivity contribution in [3.63, 3.8) is 0 Å². The lowest BCUT2D eigenvalue weighted by molar-refractivity contribution is 0.141. The van der Waals surface area contributed by atoms with Crippen LogP contribution < -0.4 is 0 Å². The molecule has 2 aliphatic rings. The van der Waals surface area contributed by atoms with Crippen LogP contribution in [0.25, 0.3) is 0 Å². The average molecular weight is 289 g/mol. The molecular weight excluding hydrogens is 262 g/mol. The normalized spacial score (nSPS) is 24.5. The van der Waals surface area contributed by atoms with Crippen LogP contribution in [0.4, 0.5) is 0 Å². The number of β-amino-alcohol motifs (C(OH)–C–C–N with tert-alkyl or cyclic N) is 1. The number of aliphatic hydroxyl groups is 1. The summed E-state index contributed by atoms with van der Waals surface area (Å²) in [4.78, 5) is 7.01. The van der Waals surface area contributed by atoms with Crippen molar-refractivity contribution in [2.75, 3.05) is 26.2 Å². The van der Waals surface area contributed by atoms with Crippen molar-refractivity contribution >= 4 is 0 Å². The SMILES string of the molecule is OCCN1CCC(Cn2ccnc2C2CC=CCC2)CC1. The lowest BCUT2D eigenvalue weighted by Crippen LogP contribution is -2.36. The molecule has 0 amide bonds. The van der Waals surface area contributed by atoms with Crippen LogP contribution in [0.5, 0.6) is 0 Å². The van der Waals surface area contributed by atoms with Crippen molar-refractivity contribution in [3.8, 4) is 0 Å². The van der Waals surface area contributed by atoms with Gasteiger partial charge in [-0.05, 0) is 51.1 Å². The highest BCUT2D eigenvalue weighted by Gasteiger charge is 2.22. The third kappa shape index (κ3) is 3.74. The van der Waals surface area contributed by atoms with Crippen molar-refractivity contribution in [2.24, 2.45) is 5.92 Å². The van der Waals surface area contributed by atoms with E-state index in [-0.39, 0.29) is 6.61 Å². The average Bonchev–Trinajstić information content (AvgIpc) is 2.98. The maximum absolute atomic E-state index is 9.01. The molecule has 1 aromatic rings. The van der Waals surface area contributed by atoms with Crippen LogP contribution in [-0.2, 0) is 6.54 Å². The number of aromatic nitrogens is 2. The number of imidazole rings is 1. The zero-order valence-electron chi connectivity index (χ0n) is 12.8. The molecule has 1 aliphatic heterocycles. The van der Waals surface area contributed by atoms with Gasteiger partial charge in [-0.3, -0.25) is 0 Å². The number of hydrogen-bond acceptors (Lipinski definition) is 3. The molecule has 0 radical (unpaired) electrons. The molecule has 1 atom stereocenters. The molecule has 1 unspecified atom stereocenters. The molecule has 3 rings (SSSR count). The molecule has 0 bridgehead atoms. The van der Waals surface area contributed by atoms with Crippen molar-refractivity contribution in [1.29, 1.82) is 0 Å². The summed E-state index contributed by atoms with van der Waals surface area (Å²) in [6, 6.07) is 0. The molecule has 1 N–H and O–H groups in total. The van der Waals surface area contributed by atoms with Crippen molar-refractivity contribution in [2.45, 2.75) is 44.6 Å². The van der Waals surface area contributed by atoms with Gasteiger partial charge in [0.15, 0.2) is 0 Å². The van der Waals surface area contributed by atoms with E-state index in [1.807, 2.05) is 6.20 Å². The number of likely N-dealkylation sites (tertiary alicyclic amines) is 1. The Morgan fingerprint density at radius 1 is 1.19 bits per heavy atom. The van der Waals surface area contributed by atoms with Gasteiger partial charge in [-0.15, -0.1) is 0 Å². The van der Waals surface area contributed by atoms with E-state index in [2.05, 4.69) is 32.8 Å². The Hall–Kier alpha value is -1.13. The highest BCUT2D eigenvalue weighted by molar-refractivity contribution is 5.07. The smallest absolute Gasteiger partial charge is 0.112 e. The predicted molar refractivity (Wildman–Crippen MR) is 84.2 cm³/mol. The lowest BCUT2D eigenvalue weighted by Gasteiger charge is -2.32. The molecule has 0 aromatic carbocycles. The number of hydrogen-bond donors (Lipinski definition) is 1. The van der Waals surface area contributed by atoms with Crippen LogP contribution in [0.15, 0.2) is 24.5 Å². The molecule has 4 nitrogen and oxygen atoms in total. The number of aliphatic hydroxyl groups excluding tert-OH is 1. The van der Waals surface area contributed by atoms with Gasteiger partial charge in [0.1, 0.15) is 5.82 Å². The second-order valence-corrected chi connectivity index (χ2v) is 6.43. The van der Waals surface area contributed by atoms with Gasteiger partial charge in [0.2, 0.25) is 0 Å². The zero-order valence-corrected chi connectivity index (χ0v) is 12.8. The Morgan fingerprint density at radius 3 is 2.76 bits per heavy atom. The van der Waals surface area contributed by atoms with Gasteiger partial charge in [0, 0.05) is 31.4 Å². The summed E-state index contributed by atoms with van der Waals surface area (Å²) >= 11 is 0. The van der Waals surface area contributed by atoms with E-state index < -0.39 is 0 Å². The Balaban J connectivity index is 1.56. The molecule has 0 spiro atoms. The first-order valence-electron chi connectivity index (χ1n) is 8.36. The Labute approximate surface area is 127 Å². The van der Waals surface area contributed by atoms with Gasteiger partial charge in [0.25, 0.3) is 0 Å². The molecule has 0 saturated carbocycles. The number of piperidine rings is 1. The summed E-state index contributed by atoms with van der Waals surface area (Å²) in [6.07, 6.45) is 14.8. The number of nitrogens with zero attached hydrogens (tertiary/aromatic N) is 3. The first kappa shape index (κ1) is 14.8. The summed E-state index contributed by atoms with van der Waals surface area (Å²) in [7, 11) is 0. The fourth-order valence-corrected chi connectivity index (χ4v) is 3.68. The fourth-order valence-electron chi connectivity index (χ4n) is 3.68. The third-order valence-electron chi connectivity index (χ3n) is 4.96. The Kier molecular flexibility index (Phi) is 5.09. The van der Waals surface area contributed by atoms with E-state index in [1.54, 1.807) is 0 Å². The van der Waals surface area contributed by atoms with Gasteiger partial charge >= 0.3 is 0 Å². The Bertz CT molecular complexity index is 460. The monoisotopic (exact) mass is 289 g/mol. The van der Waals surface area contributed by atoms with Gasteiger partial charge < -0.3 is 14.6 Å². The van der Waals surface area contributed by atoms with E-state index in [1.165, 1.54) is 31.5 Å². The minimum Gasteiger partial charge on any atom is -0.395 e. The summed E-state index contributed by atoms with van der Waals surface area (Å²) in [5.41, 5.74) is 0. The van der Waals surface area contributed by atoms with E-state index >= 15 is 0 Å². The van der Waals surface area contributed by atoms with E-state index in [4.69, 9.17) is 5.11 Å². The van der Waals surface area contributed by atoms with Crippen molar-refractivity contribution in [1.82, 2.24) is 14.5 Å². The van der Waals surface area contributed by atoms with Crippen LogP contribution in [0, 0.1) is 5.92 Å². The quantitative estimate of drug-likeness (QED) is 0.846. The minimum atomic E-state index is 0.283. The molecule has 1 fully saturated rings. The highest BCUT2D eigenvalue weighted by atomic mass is 16.3. The first-order valence-corrected chi connectivity index (χ1v) is 8.36.